The number of nitrogens with zero attached hydrogens (tertiary/aromatic N) is 1. The quantitative estimate of drug-likeness (QED) is 0.892. The third-order valence-electron chi connectivity index (χ3n) is 3.48. The first-order chi connectivity index (χ1) is 9.28. The lowest BCUT2D eigenvalue weighted by Crippen LogP contribution is -2.45. The second-order valence-corrected chi connectivity index (χ2v) is 6.02. The Balaban J connectivity index is 2.03. The molecule has 0 bridgehead atoms. The molecule has 1 atom stereocenters. The normalized spacial score (nSPS) is 17.8. The average Bonchev–Trinajstić information content (AvgIpc) is 2.72. The monoisotopic (exact) mass is 280 g/mol. The van der Waals surface area contributed by atoms with Gasteiger partial charge in [0, 0.05) is 7.05 Å². The molecule has 0 radical (unpaired) electrons. The van der Waals surface area contributed by atoms with Gasteiger partial charge in [-0.15, -0.1) is 0 Å². The molecule has 2 rings (SSSR count). The number of benzene rings is 1. The number of fused-ring (bicyclic) bond motifs is 1. The largest absolute Gasteiger partial charge is 0.389 e. The summed E-state index contributed by atoms with van der Waals surface area (Å²) < 4.78 is 13.6. The van der Waals surface area contributed by atoms with Crippen LogP contribution in [0.2, 0.25) is 0 Å². The third-order valence-corrected chi connectivity index (χ3v) is 3.48. The van der Waals surface area contributed by atoms with E-state index < -0.39 is 5.60 Å². The Morgan fingerprint density at radius 3 is 2.90 bits per heavy atom. The minimum atomic E-state index is -0.939. The molecule has 1 aliphatic rings. The summed E-state index contributed by atoms with van der Waals surface area (Å²) in [5, 5.41) is 12.6. The molecule has 1 unspecified atom stereocenters. The summed E-state index contributed by atoms with van der Waals surface area (Å²) in [4.78, 5) is 13.5. The van der Waals surface area contributed by atoms with Crippen LogP contribution < -0.4 is 5.32 Å². The van der Waals surface area contributed by atoms with Gasteiger partial charge < -0.3 is 15.3 Å². The van der Waals surface area contributed by atoms with E-state index in [1.54, 1.807) is 27.0 Å². The van der Waals surface area contributed by atoms with Crippen molar-refractivity contribution in [3.63, 3.8) is 0 Å². The number of hydrogen-bond acceptors (Lipinski definition) is 2. The number of rotatable bonds is 3. The molecule has 0 spiro atoms. The molecule has 0 aromatic heterocycles. The van der Waals surface area contributed by atoms with E-state index >= 15 is 0 Å². The van der Waals surface area contributed by atoms with Crippen LogP contribution in [0.15, 0.2) is 18.2 Å². The third kappa shape index (κ3) is 3.28. The van der Waals surface area contributed by atoms with E-state index in [9.17, 15) is 14.3 Å². The molecular weight excluding hydrogens is 259 g/mol. The van der Waals surface area contributed by atoms with Crippen molar-refractivity contribution in [3.05, 3.63) is 35.1 Å². The second-order valence-electron chi connectivity index (χ2n) is 6.02. The Labute approximate surface area is 118 Å². The number of urea groups is 1. The van der Waals surface area contributed by atoms with Gasteiger partial charge in [-0.2, -0.15) is 0 Å². The molecule has 1 aliphatic carbocycles. The zero-order chi connectivity index (χ0) is 14.9. The Kier molecular flexibility index (Phi) is 3.99. The van der Waals surface area contributed by atoms with Crippen LogP contribution in [0.1, 0.15) is 37.4 Å². The van der Waals surface area contributed by atoms with Crippen molar-refractivity contribution >= 4 is 6.03 Å². The molecule has 20 heavy (non-hydrogen) atoms. The molecule has 2 N–H and O–H groups in total. The Morgan fingerprint density at radius 2 is 2.25 bits per heavy atom. The zero-order valence-electron chi connectivity index (χ0n) is 12.1. The fourth-order valence-corrected chi connectivity index (χ4v) is 2.67. The van der Waals surface area contributed by atoms with Crippen molar-refractivity contribution < 1.29 is 14.3 Å². The highest BCUT2D eigenvalue weighted by molar-refractivity contribution is 5.74. The van der Waals surface area contributed by atoms with Gasteiger partial charge >= 0.3 is 6.03 Å². The van der Waals surface area contributed by atoms with E-state index in [-0.39, 0.29) is 24.4 Å². The standard InChI is InChI=1S/C15H21FN2O2/c1-15(2,20)9-18(3)14(19)17-13-8-7-10-11(13)5-4-6-12(10)16/h4-6,13,20H,7-9H2,1-3H3,(H,17,19). The maximum atomic E-state index is 13.6. The lowest BCUT2D eigenvalue weighted by atomic mass is 10.1. The van der Waals surface area contributed by atoms with E-state index in [0.29, 0.717) is 18.4 Å². The summed E-state index contributed by atoms with van der Waals surface area (Å²) in [6.07, 6.45) is 1.35. The second kappa shape index (κ2) is 5.40. The lowest BCUT2D eigenvalue weighted by Gasteiger charge is -2.27. The van der Waals surface area contributed by atoms with Gasteiger partial charge in [-0.3, -0.25) is 0 Å². The van der Waals surface area contributed by atoms with Crippen molar-refractivity contribution in [1.82, 2.24) is 10.2 Å². The summed E-state index contributed by atoms with van der Waals surface area (Å²) in [5.41, 5.74) is 0.615. The predicted molar refractivity (Wildman–Crippen MR) is 74.9 cm³/mol. The molecule has 5 heteroatoms. The first-order valence-electron chi connectivity index (χ1n) is 6.79. The van der Waals surface area contributed by atoms with Gasteiger partial charge in [-0.1, -0.05) is 12.1 Å². The summed E-state index contributed by atoms with van der Waals surface area (Å²) in [6.45, 7) is 3.54. The molecule has 0 saturated carbocycles. The molecule has 1 aromatic rings. The highest BCUT2D eigenvalue weighted by atomic mass is 19.1. The minimum absolute atomic E-state index is 0.155. The number of amides is 2. The van der Waals surface area contributed by atoms with Crippen molar-refractivity contribution in [2.45, 2.75) is 38.3 Å². The minimum Gasteiger partial charge on any atom is -0.389 e. The first-order valence-corrected chi connectivity index (χ1v) is 6.79. The molecule has 2 amide bonds. The summed E-state index contributed by atoms with van der Waals surface area (Å²) >= 11 is 0. The average molecular weight is 280 g/mol. The van der Waals surface area contributed by atoms with Crippen LogP contribution in [0, 0.1) is 5.82 Å². The number of aliphatic hydroxyl groups is 1. The van der Waals surface area contributed by atoms with E-state index in [1.165, 1.54) is 11.0 Å². The first kappa shape index (κ1) is 14.8. The fourth-order valence-electron chi connectivity index (χ4n) is 2.67. The summed E-state index contributed by atoms with van der Waals surface area (Å²) in [6, 6.07) is 4.56. The number of halogens is 1. The van der Waals surface area contributed by atoms with Crippen LogP contribution in [-0.4, -0.2) is 35.2 Å². The molecule has 0 saturated heterocycles. The topological polar surface area (TPSA) is 52.6 Å². The molecule has 1 aromatic carbocycles. The smallest absolute Gasteiger partial charge is 0.317 e. The number of nitrogens with one attached hydrogen (secondary N) is 1. The van der Waals surface area contributed by atoms with Crippen LogP contribution in [0.5, 0.6) is 0 Å². The van der Waals surface area contributed by atoms with Crippen molar-refractivity contribution in [3.8, 4) is 0 Å². The van der Waals surface area contributed by atoms with Crippen LogP contribution in [-0.2, 0) is 6.42 Å². The number of hydrogen-bond donors (Lipinski definition) is 2. The van der Waals surface area contributed by atoms with E-state index in [2.05, 4.69) is 5.32 Å². The zero-order valence-corrected chi connectivity index (χ0v) is 12.1. The van der Waals surface area contributed by atoms with Gasteiger partial charge in [0.1, 0.15) is 5.82 Å². The van der Waals surface area contributed by atoms with Crippen LogP contribution in [0.25, 0.3) is 0 Å². The number of carbonyl (C=O) groups is 1. The number of likely N-dealkylation sites (N-methyl/N-ethyl adjacent to an activating group) is 1. The Morgan fingerprint density at radius 1 is 1.55 bits per heavy atom. The van der Waals surface area contributed by atoms with E-state index in [1.807, 2.05) is 6.07 Å². The molecule has 0 heterocycles. The van der Waals surface area contributed by atoms with E-state index in [4.69, 9.17) is 0 Å². The summed E-state index contributed by atoms with van der Waals surface area (Å²) in [7, 11) is 1.63. The predicted octanol–water partition coefficient (Wildman–Crippen LogP) is 2.23. The molecule has 4 nitrogen and oxygen atoms in total. The maximum absolute atomic E-state index is 13.6. The number of carbonyl (C=O) groups excluding carboxylic acids is 1. The van der Waals surface area contributed by atoms with Gasteiger partial charge in [0.15, 0.2) is 0 Å². The molecular formula is C15H21FN2O2. The van der Waals surface area contributed by atoms with Crippen molar-refractivity contribution in [2.24, 2.45) is 0 Å². The van der Waals surface area contributed by atoms with Crippen LogP contribution in [0.3, 0.4) is 0 Å². The molecule has 0 fully saturated rings. The van der Waals surface area contributed by atoms with Gasteiger partial charge in [0.2, 0.25) is 0 Å². The van der Waals surface area contributed by atoms with Crippen molar-refractivity contribution in [2.75, 3.05) is 13.6 Å². The van der Waals surface area contributed by atoms with Gasteiger partial charge in [-0.25, -0.2) is 9.18 Å². The summed E-state index contributed by atoms with van der Waals surface area (Å²) in [5.74, 6) is -0.205. The molecule has 110 valence electrons. The van der Waals surface area contributed by atoms with Crippen LogP contribution >= 0.6 is 0 Å². The van der Waals surface area contributed by atoms with Gasteiger partial charge in [0.25, 0.3) is 0 Å². The Hall–Kier alpha value is -1.62. The maximum Gasteiger partial charge on any atom is 0.317 e. The van der Waals surface area contributed by atoms with Gasteiger partial charge in [0.05, 0.1) is 18.2 Å². The van der Waals surface area contributed by atoms with E-state index in [0.717, 1.165) is 5.56 Å². The SMILES string of the molecule is CN(CC(C)(C)O)C(=O)NC1CCc2c(F)cccc21. The van der Waals surface area contributed by atoms with Crippen molar-refractivity contribution in [1.29, 1.82) is 0 Å². The highest BCUT2D eigenvalue weighted by Crippen LogP contribution is 2.32. The van der Waals surface area contributed by atoms with Crippen LogP contribution in [0.4, 0.5) is 9.18 Å². The Bertz CT molecular complexity index is 511. The molecule has 0 aliphatic heterocycles. The lowest BCUT2D eigenvalue weighted by molar-refractivity contribution is 0.0528. The fraction of sp³-hybridized carbons (Fsp3) is 0.533. The van der Waals surface area contributed by atoms with Gasteiger partial charge in [-0.05, 0) is 43.9 Å². The highest BCUT2D eigenvalue weighted by Gasteiger charge is 2.28.